The second-order valence-corrected chi connectivity index (χ2v) is 3.17. The lowest BCUT2D eigenvalue weighted by Crippen LogP contribution is -2.09. The van der Waals surface area contributed by atoms with Crippen molar-refractivity contribution in [3.8, 4) is 0 Å². The maximum absolute atomic E-state index is 11.1. The summed E-state index contributed by atoms with van der Waals surface area (Å²) in [7, 11) is 0. The molecule has 0 atom stereocenters. The number of nitrogens with one attached hydrogen (secondary N) is 1. The van der Waals surface area contributed by atoms with Crippen LogP contribution in [-0.4, -0.2) is 17.0 Å². The van der Waals surface area contributed by atoms with Crippen molar-refractivity contribution in [3.63, 3.8) is 0 Å². The van der Waals surface area contributed by atoms with E-state index in [1.165, 1.54) is 0 Å². The number of carbonyl (C=O) groups is 2. The van der Waals surface area contributed by atoms with E-state index in [0.717, 1.165) is 0 Å². The molecule has 1 aromatic carbocycles. The Balaban J connectivity index is 0.00000225. The molecule has 16 heavy (non-hydrogen) atoms. The number of amides is 1. The van der Waals surface area contributed by atoms with Crippen LogP contribution in [0, 0.1) is 0 Å². The lowest BCUT2D eigenvalue weighted by Gasteiger charge is -2.04. The first-order valence-corrected chi connectivity index (χ1v) is 4.72. The van der Waals surface area contributed by atoms with Crippen molar-refractivity contribution in [2.45, 2.75) is 19.8 Å². The van der Waals surface area contributed by atoms with Crippen molar-refractivity contribution in [1.82, 2.24) is 0 Å². The molecule has 0 spiro atoms. The number of carbonyl (C=O) groups excluding carboxylic acids is 1. The van der Waals surface area contributed by atoms with Gasteiger partial charge >= 0.3 is 5.97 Å². The molecule has 0 aliphatic carbocycles. The molecule has 0 bridgehead atoms. The second-order valence-electron chi connectivity index (χ2n) is 3.17. The summed E-state index contributed by atoms with van der Waals surface area (Å²) in [6.45, 7) is 1.76. The van der Waals surface area contributed by atoms with Gasteiger partial charge in [0.1, 0.15) is 0 Å². The molecule has 0 aliphatic rings. The van der Waals surface area contributed by atoms with E-state index in [4.69, 9.17) is 5.11 Å². The van der Waals surface area contributed by atoms with E-state index >= 15 is 0 Å². The predicted octanol–water partition coefficient (Wildman–Crippen LogP) is 2.08. The number of hydrogen-bond donors (Lipinski definition) is 2. The molecule has 1 amide bonds. The van der Waals surface area contributed by atoms with Gasteiger partial charge in [-0.2, -0.15) is 0 Å². The van der Waals surface area contributed by atoms with E-state index in [9.17, 15) is 9.59 Å². The topological polar surface area (TPSA) is 66.4 Å². The minimum absolute atomic E-state index is 0. The molecular weight excluding hydrogens is 230 g/mol. The van der Waals surface area contributed by atoms with Crippen LogP contribution in [0.25, 0.3) is 0 Å². The highest BCUT2D eigenvalue weighted by Crippen LogP contribution is 2.11. The van der Waals surface area contributed by atoms with Gasteiger partial charge in [0.2, 0.25) is 5.91 Å². The molecule has 0 radical (unpaired) electrons. The Morgan fingerprint density at radius 2 is 2.06 bits per heavy atom. The summed E-state index contributed by atoms with van der Waals surface area (Å²) in [5.74, 6) is -0.962. The molecular formula is C11H14ClNO3. The summed E-state index contributed by atoms with van der Waals surface area (Å²) in [6, 6.07) is 6.85. The SMILES string of the molecule is CCC(=O)Nc1cccc(CC(=O)O)c1.Cl. The Kier molecular flexibility index (Phi) is 6.18. The van der Waals surface area contributed by atoms with Crippen LogP contribution in [-0.2, 0) is 16.0 Å². The van der Waals surface area contributed by atoms with E-state index in [2.05, 4.69) is 5.32 Å². The van der Waals surface area contributed by atoms with Gasteiger partial charge in [0.25, 0.3) is 0 Å². The van der Waals surface area contributed by atoms with Crippen LogP contribution in [0.15, 0.2) is 24.3 Å². The fraction of sp³-hybridized carbons (Fsp3) is 0.273. The van der Waals surface area contributed by atoms with E-state index in [0.29, 0.717) is 17.7 Å². The number of aliphatic carboxylic acids is 1. The first kappa shape index (κ1) is 14.5. The summed E-state index contributed by atoms with van der Waals surface area (Å²) in [5, 5.41) is 11.3. The number of halogens is 1. The van der Waals surface area contributed by atoms with E-state index < -0.39 is 5.97 Å². The van der Waals surface area contributed by atoms with Gasteiger partial charge in [-0.1, -0.05) is 19.1 Å². The Labute approximate surface area is 100 Å². The van der Waals surface area contributed by atoms with Crippen LogP contribution in [0.2, 0.25) is 0 Å². The Morgan fingerprint density at radius 3 is 2.62 bits per heavy atom. The van der Waals surface area contributed by atoms with Crippen LogP contribution in [0.3, 0.4) is 0 Å². The van der Waals surface area contributed by atoms with Crippen molar-refractivity contribution in [2.24, 2.45) is 0 Å². The van der Waals surface area contributed by atoms with E-state index in [-0.39, 0.29) is 24.7 Å². The van der Waals surface area contributed by atoms with Crippen molar-refractivity contribution in [1.29, 1.82) is 0 Å². The Hall–Kier alpha value is -1.55. The summed E-state index contributed by atoms with van der Waals surface area (Å²) in [6.07, 6.45) is 0.374. The molecule has 0 aliphatic heterocycles. The molecule has 1 rings (SSSR count). The van der Waals surface area contributed by atoms with E-state index in [1.807, 2.05) is 0 Å². The molecule has 0 heterocycles. The minimum atomic E-state index is -0.881. The molecule has 5 heteroatoms. The van der Waals surface area contributed by atoms with Gasteiger partial charge in [0.15, 0.2) is 0 Å². The van der Waals surface area contributed by atoms with Crippen molar-refractivity contribution in [3.05, 3.63) is 29.8 Å². The van der Waals surface area contributed by atoms with Gasteiger partial charge in [-0.25, -0.2) is 0 Å². The van der Waals surface area contributed by atoms with Gasteiger partial charge in [-0.05, 0) is 17.7 Å². The first-order valence-electron chi connectivity index (χ1n) is 4.72. The summed E-state index contributed by atoms with van der Waals surface area (Å²) >= 11 is 0. The second kappa shape index (κ2) is 6.85. The molecule has 0 saturated carbocycles. The van der Waals surface area contributed by atoms with Crippen LogP contribution in [0.4, 0.5) is 5.69 Å². The molecule has 2 N–H and O–H groups in total. The minimum Gasteiger partial charge on any atom is -0.481 e. The van der Waals surface area contributed by atoms with Crippen LogP contribution in [0.5, 0.6) is 0 Å². The van der Waals surface area contributed by atoms with Crippen LogP contribution in [0.1, 0.15) is 18.9 Å². The van der Waals surface area contributed by atoms with Crippen LogP contribution < -0.4 is 5.32 Å². The number of anilines is 1. The monoisotopic (exact) mass is 243 g/mol. The highest BCUT2D eigenvalue weighted by atomic mass is 35.5. The van der Waals surface area contributed by atoms with Gasteiger partial charge in [-0.15, -0.1) is 12.4 Å². The molecule has 1 aromatic rings. The summed E-state index contributed by atoms with van der Waals surface area (Å²) in [5.41, 5.74) is 1.32. The van der Waals surface area contributed by atoms with E-state index in [1.54, 1.807) is 31.2 Å². The zero-order valence-electron chi connectivity index (χ0n) is 8.90. The lowest BCUT2D eigenvalue weighted by atomic mass is 10.1. The Morgan fingerprint density at radius 1 is 1.38 bits per heavy atom. The molecule has 0 saturated heterocycles. The average Bonchev–Trinajstić information content (AvgIpc) is 2.17. The third-order valence-corrected chi connectivity index (χ3v) is 1.89. The zero-order valence-corrected chi connectivity index (χ0v) is 9.71. The third-order valence-electron chi connectivity index (χ3n) is 1.89. The highest BCUT2D eigenvalue weighted by molar-refractivity contribution is 5.90. The van der Waals surface area contributed by atoms with Crippen LogP contribution >= 0.6 is 12.4 Å². The molecule has 0 aromatic heterocycles. The Bertz CT molecular complexity index is 379. The highest BCUT2D eigenvalue weighted by Gasteiger charge is 2.02. The van der Waals surface area contributed by atoms with Crippen molar-refractivity contribution >= 4 is 30.0 Å². The number of carboxylic acids is 1. The largest absolute Gasteiger partial charge is 0.481 e. The fourth-order valence-electron chi connectivity index (χ4n) is 1.18. The molecule has 88 valence electrons. The van der Waals surface area contributed by atoms with Gasteiger partial charge in [-0.3, -0.25) is 9.59 Å². The van der Waals surface area contributed by atoms with Gasteiger partial charge in [0.05, 0.1) is 6.42 Å². The first-order chi connectivity index (χ1) is 7.11. The number of rotatable bonds is 4. The molecule has 0 unspecified atom stereocenters. The molecule has 0 fully saturated rings. The van der Waals surface area contributed by atoms with Crippen molar-refractivity contribution in [2.75, 3.05) is 5.32 Å². The fourth-order valence-corrected chi connectivity index (χ4v) is 1.18. The van der Waals surface area contributed by atoms with Gasteiger partial charge < -0.3 is 10.4 Å². The standard InChI is InChI=1S/C11H13NO3.ClH/c1-2-10(13)12-9-5-3-4-8(6-9)7-11(14)15;/h3-6H,2,7H2,1H3,(H,12,13)(H,14,15);1H. The van der Waals surface area contributed by atoms with Crippen molar-refractivity contribution < 1.29 is 14.7 Å². The molecule has 4 nitrogen and oxygen atoms in total. The third kappa shape index (κ3) is 4.79. The number of carboxylic acid groups (broad SMARTS) is 1. The summed E-state index contributed by atoms with van der Waals surface area (Å²) in [4.78, 5) is 21.6. The lowest BCUT2D eigenvalue weighted by molar-refractivity contribution is -0.136. The maximum atomic E-state index is 11.1. The predicted molar refractivity (Wildman–Crippen MR) is 64.0 cm³/mol. The normalized spacial score (nSPS) is 9.06. The number of hydrogen-bond acceptors (Lipinski definition) is 2. The van der Waals surface area contributed by atoms with Gasteiger partial charge in [0, 0.05) is 12.1 Å². The zero-order chi connectivity index (χ0) is 11.3. The maximum Gasteiger partial charge on any atom is 0.307 e. The number of benzene rings is 1. The summed E-state index contributed by atoms with van der Waals surface area (Å²) < 4.78 is 0. The quantitative estimate of drug-likeness (QED) is 0.851. The smallest absolute Gasteiger partial charge is 0.307 e. The average molecular weight is 244 g/mol.